The molecule has 0 aliphatic carbocycles. The summed E-state index contributed by atoms with van der Waals surface area (Å²) in [5.74, 6) is 0.738. The number of benzene rings is 1. The van der Waals surface area contributed by atoms with Gasteiger partial charge in [0.25, 0.3) is 0 Å². The van der Waals surface area contributed by atoms with E-state index in [2.05, 4.69) is 22.1 Å². The van der Waals surface area contributed by atoms with Gasteiger partial charge in [0, 0.05) is 24.7 Å². The Labute approximate surface area is 172 Å². The van der Waals surface area contributed by atoms with Gasteiger partial charge in [-0.2, -0.15) is 0 Å². The zero-order valence-corrected chi connectivity index (χ0v) is 17.1. The van der Waals surface area contributed by atoms with E-state index >= 15 is 0 Å². The summed E-state index contributed by atoms with van der Waals surface area (Å²) in [5.41, 5.74) is 1.55. The second-order valence-corrected chi connectivity index (χ2v) is 6.15. The normalized spacial score (nSPS) is 14.1. The SMILES string of the molecule is CCCCOc1ccc(NC(=O)CN2CCOCC2)c2cccnc12.Cl.Cl. The van der Waals surface area contributed by atoms with Crippen LogP contribution in [0, 0.1) is 0 Å². The lowest BCUT2D eigenvalue weighted by Crippen LogP contribution is -2.41. The number of carbonyl (C=O) groups is 1. The van der Waals surface area contributed by atoms with Gasteiger partial charge in [-0.1, -0.05) is 13.3 Å². The third-order valence-electron chi connectivity index (χ3n) is 4.23. The molecule has 0 bridgehead atoms. The van der Waals surface area contributed by atoms with Gasteiger partial charge in [-0.15, -0.1) is 24.8 Å². The number of rotatable bonds is 7. The summed E-state index contributed by atoms with van der Waals surface area (Å²) in [5, 5.41) is 3.90. The van der Waals surface area contributed by atoms with Crippen LogP contribution < -0.4 is 10.1 Å². The molecule has 8 heteroatoms. The fraction of sp³-hybridized carbons (Fsp3) is 0.474. The van der Waals surface area contributed by atoms with Crippen molar-refractivity contribution in [3.63, 3.8) is 0 Å². The van der Waals surface area contributed by atoms with Crippen LogP contribution in [-0.2, 0) is 9.53 Å². The Hall–Kier alpha value is -1.60. The van der Waals surface area contributed by atoms with Gasteiger partial charge < -0.3 is 14.8 Å². The summed E-state index contributed by atoms with van der Waals surface area (Å²) in [6.45, 7) is 6.13. The second-order valence-electron chi connectivity index (χ2n) is 6.15. The maximum atomic E-state index is 12.4. The molecule has 1 aromatic carbocycles. The molecule has 1 N–H and O–H groups in total. The molecule has 1 aromatic heterocycles. The van der Waals surface area contributed by atoms with Crippen LogP contribution in [0.4, 0.5) is 5.69 Å². The van der Waals surface area contributed by atoms with Crippen molar-refractivity contribution in [3.8, 4) is 5.75 Å². The van der Waals surface area contributed by atoms with Crippen molar-refractivity contribution in [2.24, 2.45) is 0 Å². The van der Waals surface area contributed by atoms with Crippen molar-refractivity contribution in [1.29, 1.82) is 0 Å². The Kier molecular flexibility index (Phi) is 10.4. The fourth-order valence-electron chi connectivity index (χ4n) is 2.85. The standard InChI is InChI=1S/C19H25N3O3.2ClH/c1-2-3-11-25-17-7-6-16(15-5-4-8-20-19(15)17)21-18(23)14-22-9-12-24-13-10-22;;/h4-8H,2-3,9-14H2,1H3,(H,21,23);2*1H. The fourth-order valence-corrected chi connectivity index (χ4v) is 2.85. The maximum absolute atomic E-state index is 12.4. The van der Waals surface area contributed by atoms with E-state index in [-0.39, 0.29) is 30.7 Å². The largest absolute Gasteiger partial charge is 0.491 e. The molecule has 0 spiro atoms. The number of nitrogens with one attached hydrogen (secondary N) is 1. The summed E-state index contributed by atoms with van der Waals surface area (Å²) in [6.07, 6.45) is 3.84. The van der Waals surface area contributed by atoms with E-state index in [1.165, 1.54) is 0 Å². The van der Waals surface area contributed by atoms with Crippen LogP contribution in [0.5, 0.6) is 5.75 Å². The molecule has 3 rings (SSSR count). The average molecular weight is 416 g/mol. The summed E-state index contributed by atoms with van der Waals surface area (Å²) >= 11 is 0. The Bertz CT molecular complexity index is 724. The predicted molar refractivity (Wildman–Crippen MR) is 113 cm³/mol. The minimum atomic E-state index is -0.0216. The van der Waals surface area contributed by atoms with Crippen molar-refractivity contribution >= 4 is 47.3 Å². The lowest BCUT2D eigenvalue weighted by Gasteiger charge is -2.25. The first-order chi connectivity index (χ1) is 12.3. The first kappa shape index (κ1) is 23.4. The average Bonchev–Trinajstić information content (AvgIpc) is 2.64. The second kappa shape index (κ2) is 12.0. The van der Waals surface area contributed by atoms with E-state index < -0.39 is 0 Å². The molecule has 1 aliphatic rings. The first-order valence-electron chi connectivity index (χ1n) is 8.88. The van der Waals surface area contributed by atoms with Gasteiger partial charge in [-0.25, -0.2) is 0 Å². The molecule has 1 amide bonds. The number of hydrogen-bond donors (Lipinski definition) is 1. The van der Waals surface area contributed by atoms with Crippen LogP contribution in [-0.4, -0.2) is 55.2 Å². The van der Waals surface area contributed by atoms with E-state index in [1.54, 1.807) is 6.20 Å². The minimum Gasteiger partial charge on any atom is -0.491 e. The third-order valence-corrected chi connectivity index (χ3v) is 4.23. The molecule has 0 atom stereocenters. The van der Waals surface area contributed by atoms with Crippen molar-refractivity contribution < 1.29 is 14.3 Å². The highest BCUT2D eigenvalue weighted by Crippen LogP contribution is 2.30. The molecule has 0 saturated carbocycles. The van der Waals surface area contributed by atoms with Gasteiger partial charge in [0.2, 0.25) is 5.91 Å². The molecular weight excluding hydrogens is 389 g/mol. The topological polar surface area (TPSA) is 63.7 Å². The number of hydrogen-bond acceptors (Lipinski definition) is 5. The van der Waals surface area contributed by atoms with Crippen molar-refractivity contribution in [2.45, 2.75) is 19.8 Å². The Morgan fingerprint density at radius 3 is 2.78 bits per heavy atom. The van der Waals surface area contributed by atoms with Crippen molar-refractivity contribution in [1.82, 2.24) is 9.88 Å². The Morgan fingerprint density at radius 1 is 1.26 bits per heavy atom. The number of carbonyl (C=O) groups excluding carboxylic acids is 1. The number of nitrogens with zero attached hydrogens (tertiary/aromatic N) is 2. The number of halogens is 2. The number of aromatic nitrogens is 1. The van der Waals surface area contributed by atoms with Gasteiger partial charge in [0.05, 0.1) is 32.1 Å². The molecule has 1 aliphatic heterocycles. The van der Waals surface area contributed by atoms with Crippen LogP contribution in [0.2, 0.25) is 0 Å². The Morgan fingerprint density at radius 2 is 2.04 bits per heavy atom. The monoisotopic (exact) mass is 415 g/mol. The highest BCUT2D eigenvalue weighted by Gasteiger charge is 2.15. The molecule has 2 heterocycles. The van der Waals surface area contributed by atoms with Gasteiger partial charge in [0.1, 0.15) is 11.3 Å². The van der Waals surface area contributed by atoms with Crippen LogP contribution in [0.1, 0.15) is 19.8 Å². The number of unbranched alkanes of at least 4 members (excludes halogenated alkanes) is 1. The van der Waals surface area contributed by atoms with Gasteiger partial charge >= 0.3 is 0 Å². The van der Waals surface area contributed by atoms with E-state index in [1.807, 2.05) is 24.3 Å². The summed E-state index contributed by atoms with van der Waals surface area (Å²) in [6, 6.07) is 7.60. The van der Waals surface area contributed by atoms with Gasteiger partial charge in [-0.3, -0.25) is 14.7 Å². The molecule has 1 fully saturated rings. The Balaban J connectivity index is 0.00000182. The molecule has 27 heavy (non-hydrogen) atoms. The zero-order chi connectivity index (χ0) is 17.5. The molecule has 2 aromatic rings. The summed E-state index contributed by atoms with van der Waals surface area (Å²) in [7, 11) is 0. The number of ether oxygens (including phenoxy) is 2. The van der Waals surface area contributed by atoms with Crippen LogP contribution in [0.15, 0.2) is 30.5 Å². The van der Waals surface area contributed by atoms with Crippen molar-refractivity contribution in [3.05, 3.63) is 30.5 Å². The molecule has 1 saturated heterocycles. The lowest BCUT2D eigenvalue weighted by atomic mass is 10.1. The summed E-state index contributed by atoms with van der Waals surface area (Å²) in [4.78, 5) is 18.9. The maximum Gasteiger partial charge on any atom is 0.238 e. The summed E-state index contributed by atoms with van der Waals surface area (Å²) < 4.78 is 11.2. The molecule has 150 valence electrons. The minimum absolute atomic E-state index is 0. The molecule has 0 radical (unpaired) electrons. The predicted octanol–water partition coefficient (Wildman–Crippen LogP) is 3.53. The number of morpholine rings is 1. The van der Waals surface area contributed by atoms with Gasteiger partial charge in [0.15, 0.2) is 0 Å². The first-order valence-corrected chi connectivity index (χ1v) is 8.88. The number of anilines is 1. The van der Waals surface area contributed by atoms with Gasteiger partial charge in [-0.05, 0) is 30.7 Å². The highest BCUT2D eigenvalue weighted by atomic mass is 35.5. The number of amides is 1. The van der Waals surface area contributed by atoms with E-state index in [0.29, 0.717) is 26.4 Å². The molecule has 0 unspecified atom stereocenters. The third kappa shape index (κ3) is 6.50. The molecular formula is C19H27Cl2N3O3. The number of pyridine rings is 1. The van der Waals surface area contributed by atoms with Crippen LogP contribution in [0.3, 0.4) is 0 Å². The quantitative estimate of drug-likeness (QED) is 0.700. The lowest BCUT2D eigenvalue weighted by molar-refractivity contribution is -0.118. The van der Waals surface area contributed by atoms with E-state index in [9.17, 15) is 4.79 Å². The highest BCUT2D eigenvalue weighted by molar-refractivity contribution is 6.03. The van der Waals surface area contributed by atoms with Crippen LogP contribution >= 0.6 is 24.8 Å². The zero-order valence-electron chi connectivity index (χ0n) is 15.5. The number of fused-ring (bicyclic) bond motifs is 1. The van der Waals surface area contributed by atoms with Crippen molar-refractivity contribution in [2.75, 3.05) is 44.8 Å². The van der Waals surface area contributed by atoms with E-state index in [4.69, 9.17) is 9.47 Å². The van der Waals surface area contributed by atoms with E-state index in [0.717, 1.165) is 48.3 Å². The van der Waals surface area contributed by atoms with Crippen LogP contribution in [0.25, 0.3) is 10.9 Å². The molecule has 6 nitrogen and oxygen atoms in total. The smallest absolute Gasteiger partial charge is 0.238 e.